The first kappa shape index (κ1) is 14.1. The van der Waals surface area contributed by atoms with Crippen molar-refractivity contribution in [2.75, 3.05) is 0 Å². The maximum absolute atomic E-state index is 12.4. The fourth-order valence-corrected chi connectivity index (χ4v) is 2.36. The first-order valence-electron chi connectivity index (χ1n) is 7.04. The van der Waals surface area contributed by atoms with Crippen LogP contribution in [0, 0.1) is 6.92 Å². The number of amides is 1. The molecule has 5 heteroatoms. The van der Waals surface area contributed by atoms with Crippen LogP contribution in [0.2, 0.25) is 0 Å². The Morgan fingerprint density at radius 3 is 2.59 bits per heavy atom. The number of benzene rings is 1. The number of aryl methyl sites for hydroxylation is 2. The Morgan fingerprint density at radius 2 is 2.00 bits per heavy atom. The molecule has 0 bridgehead atoms. The molecule has 0 aliphatic heterocycles. The number of aromatic nitrogens is 2. The second-order valence-electron chi connectivity index (χ2n) is 5.12. The van der Waals surface area contributed by atoms with Crippen LogP contribution in [0.25, 0.3) is 0 Å². The number of carbonyl (C=O) groups is 1. The molecule has 112 valence electrons. The molecule has 0 saturated heterocycles. The number of imidazole rings is 1. The third-order valence-corrected chi connectivity index (χ3v) is 3.49. The highest BCUT2D eigenvalue weighted by Gasteiger charge is 2.22. The van der Waals surface area contributed by atoms with Crippen molar-refractivity contribution in [3.8, 4) is 0 Å². The predicted molar refractivity (Wildman–Crippen MR) is 82.4 cm³/mol. The molecular weight excluding hydrogens is 278 g/mol. The van der Waals surface area contributed by atoms with Crippen LogP contribution in [0.5, 0.6) is 0 Å². The molecule has 0 fully saturated rings. The van der Waals surface area contributed by atoms with Gasteiger partial charge in [-0.1, -0.05) is 30.3 Å². The Kier molecular flexibility index (Phi) is 3.78. The van der Waals surface area contributed by atoms with Gasteiger partial charge in [0.05, 0.1) is 0 Å². The third-order valence-electron chi connectivity index (χ3n) is 3.49. The minimum Gasteiger partial charge on any atom is -0.456 e. The highest BCUT2D eigenvalue weighted by atomic mass is 16.3. The molecule has 2 heterocycles. The molecule has 1 N–H and O–H groups in total. The molecule has 2 aromatic heterocycles. The Bertz CT molecular complexity index is 774. The molecular formula is C17H17N3O2. The zero-order valence-electron chi connectivity index (χ0n) is 12.5. The summed E-state index contributed by atoms with van der Waals surface area (Å²) in [5.41, 5.74) is 0.966. The van der Waals surface area contributed by atoms with E-state index in [0.29, 0.717) is 11.5 Å². The second kappa shape index (κ2) is 5.89. The van der Waals surface area contributed by atoms with Gasteiger partial charge in [-0.25, -0.2) is 4.98 Å². The van der Waals surface area contributed by atoms with Crippen LogP contribution in [-0.4, -0.2) is 15.5 Å². The molecule has 3 rings (SSSR count). The second-order valence-corrected chi connectivity index (χ2v) is 5.12. The Morgan fingerprint density at radius 1 is 1.23 bits per heavy atom. The van der Waals surface area contributed by atoms with E-state index in [-0.39, 0.29) is 11.9 Å². The molecule has 1 aromatic carbocycles. The van der Waals surface area contributed by atoms with E-state index in [2.05, 4.69) is 10.3 Å². The number of nitrogens with one attached hydrogen (secondary N) is 1. The molecule has 22 heavy (non-hydrogen) atoms. The molecule has 0 spiro atoms. The van der Waals surface area contributed by atoms with E-state index in [4.69, 9.17) is 4.42 Å². The van der Waals surface area contributed by atoms with E-state index in [1.54, 1.807) is 18.3 Å². The average molecular weight is 295 g/mol. The number of hydrogen-bond acceptors (Lipinski definition) is 3. The van der Waals surface area contributed by atoms with E-state index >= 15 is 0 Å². The van der Waals surface area contributed by atoms with Gasteiger partial charge in [0.2, 0.25) is 0 Å². The van der Waals surface area contributed by atoms with Crippen LogP contribution in [0.4, 0.5) is 0 Å². The summed E-state index contributed by atoms with van der Waals surface area (Å²) < 4.78 is 7.28. The van der Waals surface area contributed by atoms with Crippen LogP contribution < -0.4 is 5.32 Å². The third kappa shape index (κ3) is 2.79. The van der Waals surface area contributed by atoms with Crippen LogP contribution in [0.15, 0.2) is 59.3 Å². The predicted octanol–water partition coefficient (Wildman–Crippen LogP) is 2.84. The van der Waals surface area contributed by atoms with Gasteiger partial charge in [-0.05, 0) is 24.6 Å². The van der Waals surface area contributed by atoms with Crippen molar-refractivity contribution in [3.05, 3.63) is 77.8 Å². The van der Waals surface area contributed by atoms with E-state index in [9.17, 15) is 4.79 Å². The maximum atomic E-state index is 12.4. The number of rotatable bonds is 4. The molecule has 0 aliphatic rings. The molecule has 1 amide bonds. The molecule has 0 saturated carbocycles. The lowest BCUT2D eigenvalue weighted by Gasteiger charge is -2.18. The monoisotopic (exact) mass is 295 g/mol. The Hall–Kier alpha value is -2.82. The van der Waals surface area contributed by atoms with Crippen molar-refractivity contribution < 1.29 is 9.21 Å². The van der Waals surface area contributed by atoms with Crippen molar-refractivity contribution in [2.45, 2.75) is 13.0 Å². The lowest BCUT2D eigenvalue weighted by molar-refractivity contribution is 0.0912. The fraction of sp³-hybridized carbons (Fsp3) is 0.176. The van der Waals surface area contributed by atoms with E-state index in [1.165, 1.54) is 0 Å². The molecule has 1 atom stereocenters. The lowest BCUT2D eigenvalue weighted by Crippen LogP contribution is -2.30. The first-order valence-corrected chi connectivity index (χ1v) is 7.04. The normalized spacial score (nSPS) is 12.1. The summed E-state index contributed by atoms with van der Waals surface area (Å²) in [6.07, 6.45) is 3.57. The van der Waals surface area contributed by atoms with Gasteiger partial charge >= 0.3 is 0 Å². The molecule has 0 aliphatic carbocycles. The average Bonchev–Trinajstić information content (AvgIpc) is 3.14. The zero-order chi connectivity index (χ0) is 15.5. The zero-order valence-corrected chi connectivity index (χ0v) is 12.5. The summed E-state index contributed by atoms with van der Waals surface area (Å²) in [5, 5.41) is 2.99. The quantitative estimate of drug-likeness (QED) is 0.805. The minimum atomic E-state index is -0.334. The van der Waals surface area contributed by atoms with Gasteiger partial charge in [-0.2, -0.15) is 0 Å². The largest absolute Gasteiger partial charge is 0.456 e. The summed E-state index contributed by atoms with van der Waals surface area (Å²) in [5.74, 6) is 1.51. The van der Waals surface area contributed by atoms with E-state index in [0.717, 1.165) is 11.4 Å². The Labute approximate surface area is 128 Å². The SMILES string of the molecule is Cc1ccc(C(=O)NC(c2ccccc2)c2nccn2C)o1. The molecule has 3 aromatic rings. The van der Waals surface area contributed by atoms with Gasteiger partial charge in [0, 0.05) is 19.4 Å². The summed E-state index contributed by atoms with van der Waals surface area (Å²) in [6.45, 7) is 1.81. The van der Waals surface area contributed by atoms with E-state index in [1.807, 2.05) is 55.1 Å². The van der Waals surface area contributed by atoms with Crippen LogP contribution in [0.3, 0.4) is 0 Å². The highest BCUT2D eigenvalue weighted by molar-refractivity contribution is 5.92. The smallest absolute Gasteiger partial charge is 0.287 e. The van der Waals surface area contributed by atoms with Crippen molar-refractivity contribution in [1.82, 2.24) is 14.9 Å². The van der Waals surface area contributed by atoms with Crippen molar-refractivity contribution in [3.63, 3.8) is 0 Å². The molecule has 0 radical (unpaired) electrons. The maximum Gasteiger partial charge on any atom is 0.287 e. The van der Waals surface area contributed by atoms with Crippen molar-refractivity contribution >= 4 is 5.91 Å². The summed E-state index contributed by atoms with van der Waals surface area (Å²) in [4.78, 5) is 16.8. The Balaban J connectivity index is 1.93. The number of nitrogens with zero attached hydrogens (tertiary/aromatic N) is 2. The molecule has 5 nitrogen and oxygen atoms in total. The topological polar surface area (TPSA) is 60.1 Å². The van der Waals surface area contributed by atoms with Gasteiger partial charge in [0.15, 0.2) is 5.76 Å². The highest BCUT2D eigenvalue weighted by Crippen LogP contribution is 2.21. The summed E-state index contributed by atoms with van der Waals surface area (Å²) in [7, 11) is 1.90. The summed E-state index contributed by atoms with van der Waals surface area (Å²) >= 11 is 0. The van der Waals surface area contributed by atoms with Gasteiger partial charge in [0.1, 0.15) is 17.6 Å². The number of furan rings is 1. The van der Waals surface area contributed by atoms with Gasteiger partial charge in [-0.15, -0.1) is 0 Å². The van der Waals surface area contributed by atoms with Gasteiger partial charge < -0.3 is 14.3 Å². The van der Waals surface area contributed by atoms with Gasteiger partial charge in [-0.3, -0.25) is 4.79 Å². The van der Waals surface area contributed by atoms with Crippen molar-refractivity contribution in [1.29, 1.82) is 0 Å². The fourth-order valence-electron chi connectivity index (χ4n) is 2.36. The number of carbonyl (C=O) groups excluding carboxylic acids is 1. The van der Waals surface area contributed by atoms with Crippen molar-refractivity contribution in [2.24, 2.45) is 7.05 Å². The van der Waals surface area contributed by atoms with E-state index < -0.39 is 0 Å². The molecule has 1 unspecified atom stereocenters. The van der Waals surface area contributed by atoms with Crippen LogP contribution >= 0.6 is 0 Å². The lowest BCUT2D eigenvalue weighted by atomic mass is 10.1. The summed E-state index contributed by atoms with van der Waals surface area (Å²) in [6, 6.07) is 12.9. The van der Waals surface area contributed by atoms with Crippen LogP contribution in [-0.2, 0) is 7.05 Å². The number of hydrogen-bond donors (Lipinski definition) is 1. The van der Waals surface area contributed by atoms with Crippen LogP contribution in [0.1, 0.15) is 33.7 Å². The van der Waals surface area contributed by atoms with Gasteiger partial charge in [0.25, 0.3) is 5.91 Å². The standard InChI is InChI=1S/C17H17N3O2/c1-12-8-9-14(22-12)17(21)19-15(13-6-4-3-5-7-13)16-18-10-11-20(16)2/h3-11,15H,1-2H3,(H,19,21). The first-order chi connectivity index (χ1) is 10.6. The minimum absolute atomic E-state index is 0.259.